The van der Waals surface area contributed by atoms with E-state index < -0.39 is 0 Å². The second-order valence-electron chi connectivity index (χ2n) is 10.9. The highest BCUT2D eigenvalue weighted by Gasteiger charge is 2.49. The largest absolute Gasteiger partial charge is 0.457 e. The molecule has 4 saturated carbocycles. The van der Waals surface area contributed by atoms with Crippen LogP contribution in [0.3, 0.4) is 0 Å². The molecule has 176 valence electrons. The fourth-order valence-electron chi connectivity index (χ4n) is 7.06. The lowest BCUT2D eigenvalue weighted by atomic mass is 9.50. The first-order valence-corrected chi connectivity index (χ1v) is 12.6. The zero-order valence-corrected chi connectivity index (χ0v) is 20.1. The average molecular weight is 455 g/mol. The molecule has 0 aromatic heterocycles. The van der Waals surface area contributed by atoms with E-state index in [1.54, 1.807) is 0 Å². The molecule has 0 spiro atoms. The summed E-state index contributed by atoms with van der Waals surface area (Å²) in [5.41, 5.74) is 17.0. The van der Waals surface area contributed by atoms with Crippen molar-refractivity contribution in [2.75, 3.05) is 11.5 Å². The molecule has 4 nitrogen and oxygen atoms in total. The fraction of sp³-hybridized carbons (Fsp3) is 0.400. The molecule has 0 atom stereocenters. The van der Waals surface area contributed by atoms with Crippen molar-refractivity contribution in [3.05, 3.63) is 71.3 Å². The number of nitrogen functional groups attached to an aromatic ring is 2. The molecule has 0 heterocycles. The molecule has 34 heavy (non-hydrogen) atoms. The van der Waals surface area contributed by atoms with Gasteiger partial charge in [0.15, 0.2) is 0 Å². The van der Waals surface area contributed by atoms with Gasteiger partial charge >= 0.3 is 0 Å². The lowest BCUT2D eigenvalue weighted by Gasteiger charge is -2.54. The third-order valence-corrected chi connectivity index (χ3v) is 8.51. The van der Waals surface area contributed by atoms with Crippen molar-refractivity contribution in [1.29, 1.82) is 0 Å². The van der Waals surface area contributed by atoms with Gasteiger partial charge in [-0.15, -0.1) is 0 Å². The van der Waals surface area contributed by atoms with Gasteiger partial charge in [-0.2, -0.15) is 0 Å². The van der Waals surface area contributed by atoms with Crippen LogP contribution in [0.5, 0.6) is 23.0 Å². The number of hydrogen-bond acceptors (Lipinski definition) is 4. The summed E-state index contributed by atoms with van der Waals surface area (Å²) in [5, 5.41) is 0. The van der Waals surface area contributed by atoms with E-state index >= 15 is 0 Å². The lowest BCUT2D eigenvalue weighted by molar-refractivity contribution is -0.00339. The van der Waals surface area contributed by atoms with Crippen molar-refractivity contribution in [1.82, 2.24) is 0 Å². The van der Waals surface area contributed by atoms with E-state index in [-0.39, 0.29) is 0 Å². The van der Waals surface area contributed by atoms with Crippen LogP contribution < -0.4 is 20.9 Å². The first-order valence-electron chi connectivity index (χ1n) is 12.6. The Bertz CT molecular complexity index is 1210. The minimum absolute atomic E-state index is 0.536. The van der Waals surface area contributed by atoms with E-state index in [2.05, 4.69) is 12.1 Å². The second kappa shape index (κ2) is 8.26. The van der Waals surface area contributed by atoms with Crippen molar-refractivity contribution < 1.29 is 9.47 Å². The predicted octanol–water partition coefficient (Wildman–Crippen LogP) is 7.59. The van der Waals surface area contributed by atoms with E-state index in [1.807, 2.05) is 56.3 Å². The molecule has 3 aromatic carbocycles. The summed E-state index contributed by atoms with van der Waals surface area (Å²) < 4.78 is 12.8. The predicted molar refractivity (Wildman–Crippen MR) is 138 cm³/mol. The molecular formula is C30H34N2O2. The number of hydrogen-bond donors (Lipinski definition) is 2. The zero-order chi connectivity index (χ0) is 23.4. The van der Waals surface area contributed by atoms with Crippen molar-refractivity contribution in [3.63, 3.8) is 0 Å². The van der Waals surface area contributed by atoms with Gasteiger partial charge in [0, 0.05) is 16.9 Å². The Balaban J connectivity index is 1.37. The van der Waals surface area contributed by atoms with Gasteiger partial charge in [0.05, 0.1) is 0 Å². The molecular weight excluding hydrogens is 420 g/mol. The standard InChI is InChI=1S/C30H34N2O2/c1-17-9-23(3-6-27(17)31)33-25-5-8-29(34-24-4-7-28(32)18(2)10-24)26(16-25)30-21-12-19-11-20(14-21)15-22(30)13-19/h3-10,16,19-22,30H,11-15,31-32H2,1-2H3. The Kier molecular flexibility index (Phi) is 5.20. The van der Waals surface area contributed by atoms with Crippen LogP contribution in [-0.2, 0) is 0 Å². The molecule has 0 radical (unpaired) electrons. The van der Waals surface area contributed by atoms with Gasteiger partial charge in [-0.3, -0.25) is 0 Å². The minimum Gasteiger partial charge on any atom is -0.457 e. The topological polar surface area (TPSA) is 70.5 Å². The van der Waals surface area contributed by atoms with Crippen molar-refractivity contribution in [2.24, 2.45) is 23.7 Å². The SMILES string of the molecule is Cc1cc(Oc2ccc(Oc3ccc(N)c(C)c3)c(C3C4CC5CC(C4)CC3C5)c2)ccc1N. The van der Waals surface area contributed by atoms with Crippen molar-refractivity contribution in [3.8, 4) is 23.0 Å². The molecule has 0 aliphatic heterocycles. The van der Waals surface area contributed by atoms with E-state index in [4.69, 9.17) is 20.9 Å². The minimum atomic E-state index is 0.536. The van der Waals surface area contributed by atoms with Gasteiger partial charge in [0.25, 0.3) is 0 Å². The first kappa shape index (κ1) is 21.4. The third-order valence-electron chi connectivity index (χ3n) is 8.51. The third kappa shape index (κ3) is 3.89. The Hall–Kier alpha value is -3.14. The molecule has 7 rings (SSSR count). The summed E-state index contributed by atoms with van der Waals surface area (Å²) in [7, 11) is 0. The van der Waals surface area contributed by atoms with Crippen LogP contribution in [0, 0.1) is 37.5 Å². The molecule has 3 aromatic rings. The maximum Gasteiger partial charge on any atom is 0.131 e. The molecule has 0 amide bonds. The molecule has 4 aliphatic carbocycles. The van der Waals surface area contributed by atoms with Crippen LogP contribution in [0.2, 0.25) is 0 Å². The Morgan fingerprint density at radius 3 is 1.68 bits per heavy atom. The highest BCUT2D eigenvalue weighted by atomic mass is 16.5. The number of nitrogens with two attached hydrogens (primary N) is 2. The Morgan fingerprint density at radius 1 is 0.618 bits per heavy atom. The summed E-state index contributed by atoms with van der Waals surface area (Å²) >= 11 is 0. The van der Waals surface area contributed by atoms with Crippen molar-refractivity contribution >= 4 is 11.4 Å². The monoisotopic (exact) mass is 454 g/mol. The van der Waals surface area contributed by atoms with Gasteiger partial charge in [0.1, 0.15) is 23.0 Å². The number of benzene rings is 3. The Morgan fingerprint density at radius 2 is 1.12 bits per heavy atom. The summed E-state index contributed by atoms with van der Waals surface area (Å²) in [6.07, 6.45) is 6.90. The Labute approximate surface area is 202 Å². The zero-order valence-electron chi connectivity index (χ0n) is 20.1. The van der Waals surface area contributed by atoms with Crippen molar-refractivity contribution in [2.45, 2.75) is 51.9 Å². The summed E-state index contributed by atoms with van der Waals surface area (Å²) in [6, 6.07) is 18.1. The van der Waals surface area contributed by atoms with Gasteiger partial charge in [-0.25, -0.2) is 0 Å². The quantitative estimate of drug-likeness (QED) is 0.390. The van der Waals surface area contributed by atoms with E-state index in [9.17, 15) is 0 Å². The highest BCUT2D eigenvalue weighted by Crippen LogP contribution is 2.61. The van der Waals surface area contributed by atoms with Crippen LogP contribution in [-0.4, -0.2) is 0 Å². The second-order valence-corrected chi connectivity index (χ2v) is 10.9. The molecule has 4 fully saturated rings. The maximum atomic E-state index is 6.51. The van der Waals surface area contributed by atoms with Gasteiger partial charge in [-0.05, 0) is 141 Å². The summed E-state index contributed by atoms with van der Waals surface area (Å²) in [6.45, 7) is 4.03. The first-order chi connectivity index (χ1) is 16.4. The van der Waals surface area contributed by atoms with Crippen LogP contribution in [0.1, 0.15) is 54.7 Å². The molecule has 4 heteroatoms. The number of rotatable bonds is 5. The van der Waals surface area contributed by atoms with E-state index in [0.29, 0.717) is 5.92 Å². The number of aryl methyl sites for hydroxylation is 2. The van der Waals surface area contributed by atoms with Gasteiger partial charge in [0.2, 0.25) is 0 Å². The van der Waals surface area contributed by atoms with Crippen LogP contribution in [0.4, 0.5) is 11.4 Å². The van der Waals surface area contributed by atoms with Gasteiger partial charge in [-0.1, -0.05) is 0 Å². The summed E-state index contributed by atoms with van der Waals surface area (Å²) in [5.74, 6) is 7.34. The van der Waals surface area contributed by atoms with E-state index in [1.165, 1.54) is 37.7 Å². The number of anilines is 2. The lowest BCUT2D eigenvalue weighted by Crippen LogP contribution is -2.43. The van der Waals surface area contributed by atoms with Crippen LogP contribution >= 0.6 is 0 Å². The van der Waals surface area contributed by atoms with Crippen LogP contribution in [0.25, 0.3) is 0 Å². The maximum absolute atomic E-state index is 6.51. The highest BCUT2D eigenvalue weighted by molar-refractivity contribution is 5.53. The molecule has 4 N–H and O–H groups in total. The average Bonchev–Trinajstić information content (AvgIpc) is 2.79. The van der Waals surface area contributed by atoms with Crippen LogP contribution in [0.15, 0.2) is 54.6 Å². The molecule has 0 unspecified atom stereocenters. The van der Waals surface area contributed by atoms with Gasteiger partial charge < -0.3 is 20.9 Å². The smallest absolute Gasteiger partial charge is 0.131 e. The molecule has 4 aliphatic rings. The fourth-order valence-corrected chi connectivity index (χ4v) is 7.06. The summed E-state index contributed by atoms with van der Waals surface area (Å²) in [4.78, 5) is 0. The normalized spacial score (nSPS) is 27.1. The van der Waals surface area contributed by atoms with E-state index in [0.717, 1.165) is 69.2 Å². The number of ether oxygens (including phenoxy) is 2. The molecule has 4 bridgehead atoms. The molecule has 0 saturated heterocycles.